The Morgan fingerprint density at radius 2 is 2.17 bits per heavy atom. The summed E-state index contributed by atoms with van der Waals surface area (Å²) < 4.78 is 7.16. The van der Waals surface area contributed by atoms with E-state index in [1.807, 2.05) is 11.5 Å². The van der Waals surface area contributed by atoms with E-state index >= 15 is 0 Å². The first-order chi connectivity index (χ1) is 13.9. The number of nitro benzene ring substituents is 1. The largest absolute Gasteiger partial charge is 0.469 e. The van der Waals surface area contributed by atoms with Crippen LogP contribution in [0.3, 0.4) is 0 Å². The number of nitrogens with zero attached hydrogens (tertiary/aromatic N) is 4. The number of benzene rings is 1. The van der Waals surface area contributed by atoms with Crippen LogP contribution >= 0.6 is 11.8 Å². The normalized spacial score (nSPS) is 10.7. The highest BCUT2D eigenvalue weighted by Gasteiger charge is 2.19. The predicted molar refractivity (Wildman–Crippen MR) is 110 cm³/mol. The molecule has 29 heavy (non-hydrogen) atoms. The number of carbonyl (C=O) groups is 1. The highest BCUT2D eigenvalue weighted by molar-refractivity contribution is 7.99. The molecule has 0 aliphatic rings. The molecule has 0 fully saturated rings. The summed E-state index contributed by atoms with van der Waals surface area (Å²) in [5, 5.41) is 22.7. The number of hydrogen-bond donors (Lipinski definition) is 1. The standard InChI is InChI=1S/C19H19N5O4S/c1-4-8-23-18(14-7-9-28-13(14)3)21-22-19(23)29-11-17(25)20-15-6-5-12(2)10-16(15)24(26)27/h4-7,9-10H,1,8,11H2,2-3H3,(H,20,25). The summed E-state index contributed by atoms with van der Waals surface area (Å²) in [6.07, 6.45) is 3.29. The molecule has 2 aromatic heterocycles. The Bertz CT molecular complexity index is 1070. The number of furan rings is 1. The highest BCUT2D eigenvalue weighted by atomic mass is 32.2. The highest BCUT2D eigenvalue weighted by Crippen LogP contribution is 2.28. The van der Waals surface area contributed by atoms with Gasteiger partial charge in [0.25, 0.3) is 5.69 Å². The van der Waals surface area contributed by atoms with Crippen molar-refractivity contribution >= 4 is 29.0 Å². The molecule has 0 spiro atoms. The predicted octanol–water partition coefficient (Wildman–Crippen LogP) is 3.98. The Morgan fingerprint density at radius 3 is 2.83 bits per heavy atom. The minimum Gasteiger partial charge on any atom is -0.469 e. The fourth-order valence-corrected chi connectivity index (χ4v) is 3.47. The van der Waals surface area contributed by atoms with E-state index in [9.17, 15) is 14.9 Å². The first-order valence-electron chi connectivity index (χ1n) is 8.67. The zero-order valence-electron chi connectivity index (χ0n) is 15.9. The molecule has 0 radical (unpaired) electrons. The van der Waals surface area contributed by atoms with Gasteiger partial charge in [-0.15, -0.1) is 16.8 Å². The van der Waals surface area contributed by atoms with Crippen LogP contribution in [0.2, 0.25) is 0 Å². The molecule has 150 valence electrons. The number of rotatable bonds is 8. The van der Waals surface area contributed by atoms with E-state index in [-0.39, 0.29) is 23.0 Å². The van der Waals surface area contributed by atoms with Crippen LogP contribution in [-0.4, -0.2) is 31.3 Å². The molecule has 0 saturated carbocycles. The van der Waals surface area contributed by atoms with Crippen molar-refractivity contribution in [2.24, 2.45) is 0 Å². The van der Waals surface area contributed by atoms with Gasteiger partial charge >= 0.3 is 0 Å². The molecule has 1 aromatic carbocycles. The number of anilines is 1. The average Bonchev–Trinajstić information content (AvgIpc) is 3.27. The third kappa shape index (κ3) is 4.54. The van der Waals surface area contributed by atoms with E-state index in [0.717, 1.165) is 11.1 Å². The number of allylic oxidation sites excluding steroid dienone is 1. The third-order valence-electron chi connectivity index (χ3n) is 4.08. The van der Waals surface area contributed by atoms with Gasteiger partial charge in [-0.3, -0.25) is 19.5 Å². The second-order valence-corrected chi connectivity index (χ2v) is 7.15. The molecule has 0 saturated heterocycles. The first-order valence-corrected chi connectivity index (χ1v) is 9.65. The molecule has 0 aliphatic carbocycles. The summed E-state index contributed by atoms with van der Waals surface area (Å²) >= 11 is 1.18. The van der Waals surface area contributed by atoms with Crippen molar-refractivity contribution in [1.82, 2.24) is 14.8 Å². The molecule has 10 heteroatoms. The van der Waals surface area contributed by atoms with Crippen molar-refractivity contribution in [3.8, 4) is 11.4 Å². The molecular formula is C19H19N5O4S. The number of nitrogens with one attached hydrogen (secondary N) is 1. The molecule has 0 atom stereocenters. The minimum absolute atomic E-state index is 0.0185. The van der Waals surface area contributed by atoms with Crippen molar-refractivity contribution in [2.45, 2.75) is 25.5 Å². The summed E-state index contributed by atoms with van der Waals surface area (Å²) in [7, 11) is 0. The summed E-state index contributed by atoms with van der Waals surface area (Å²) in [6, 6.07) is 6.45. The topological polar surface area (TPSA) is 116 Å². The lowest BCUT2D eigenvalue weighted by atomic mass is 10.2. The maximum absolute atomic E-state index is 12.4. The maximum Gasteiger partial charge on any atom is 0.293 e. The van der Waals surface area contributed by atoms with Gasteiger partial charge in [0.2, 0.25) is 5.91 Å². The zero-order valence-corrected chi connectivity index (χ0v) is 16.7. The summed E-state index contributed by atoms with van der Waals surface area (Å²) in [5.41, 5.74) is 1.57. The molecule has 0 unspecified atom stereocenters. The second-order valence-electron chi connectivity index (χ2n) is 6.21. The van der Waals surface area contributed by atoms with Crippen LogP contribution in [0, 0.1) is 24.0 Å². The SMILES string of the molecule is C=CCn1c(SCC(=O)Nc2ccc(C)cc2[N+](=O)[O-])nnc1-c1ccoc1C. The van der Waals surface area contributed by atoms with Gasteiger partial charge in [-0.05, 0) is 31.5 Å². The van der Waals surface area contributed by atoms with E-state index in [1.165, 1.54) is 23.9 Å². The Balaban J connectivity index is 1.74. The maximum atomic E-state index is 12.4. The van der Waals surface area contributed by atoms with Crippen LogP contribution < -0.4 is 5.32 Å². The van der Waals surface area contributed by atoms with Gasteiger partial charge in [0.1, 0.15) is 11.4 Å². The Hall–Kier alpha value is -3.40. The molecule has 1 N–H and O–H groups in total. The molecule has 2 heterocycles. The minimum atomic E-state index is -0.518. The summed E-state index contributed by atoms with van der Waals surface area (Å²) in [6.45, 7) is 7.79. The molecule has 9 nitrogen and oxygen atoms in total. The lowest BCUT2D eigenvalue weighted by Gasteiger charge is -2.08. The summed E-state index contributed by atoms with van der Waals surface area (Å²) in [4.78, 5) is 23.0. The quantitative estimate of drug-likeness (QED) is 0.257. The van der Waals surface area contributed by atoms with Gasteiger partial charge in [-0.25, -0.2) is 0 Å². The fourth-order valence-electron chi connectivity index (χ4n) is 2.72. The second kappa shape index (κ2) is 8.74. The van der Waals surface area contributed by atoms with E-state index in [0.29, 0.717) is 23.3 Å². The number of aryl methyl sites for hydroxylation is 2. The lowest BCUT2D eigenvalue weighted by Crippen LogP contribution is -2.15. The van der Waals surface area contributed by atoms with Gasteiger partial charge in [0.15, 0.2) is 11.0 Å². The number of carbonyl (C=O) groups excluding carboxylic acids is 1. The molecule has 3 rings (SSSR count). The van der Waals surface area contributed by atoms with Gasteiger partial charge in [-0.1, -0.05) is 23.9 Å². The van der Waals surface area contributed by atoms with Crippen LogP contribution in [0.5, 0.6) is 0 Å². The Kier molecular flexibility index (Phi) is 6.13. The number of amides is 1. The van der Waals surface area contributed by atoms with E-state index in [1.54, 1.807) is 31.4 Å². The average molecular weight is 413 g/mol. The van der Waals surface area contributed by atoms with Crippen molar-refractivity contribution in [3.05, 3.63) is 64.6 Å². The fraction of sp³-hybridized carbons (Fsp3) is 0.211. The number of hydrogen-bond acceptors (Lipinski definition) is 7. The number of aromatic nitrogens is 3. The smallest absolute Gasteiger partial charge is 0.293 e. The van der Waals surface area contributed by atoms with E-state index in [4.69, 9.17) is 4.42 Å². The van der Waals surface area contributed by atoms with Crippen LogP contribution in [0.15, 0.2) is 52.8 Å². The van der Waals surface area contributed by atoms with Crippen LogP contribution in [0.4, 0.5) is 11.4 Å². The third-order valence-corrected chi connectivity index (χ3v) is 5.05. The van der Waals surface area contributed by atoms with Crippen molar-refractivity contribution < 1.29 is 14.1 Å². The van der Waals surface area contributed by atoms with Crippen molar-refractivity contribution in [1.29, 1.82) is 0 Å². The zero-order chi connectivity index (χ0) is 21.0. The molecule has 3 aromatic rings. The first kappa shape index (κ1) is 20.3. The van der Waals surface area contributed by atoms with Gasteiger partial charge < -0.3 is 9.73 Å². The molecule has 0 bridgehead atoms. The van der Waals surface area contributed by atoms with Crippen LogP contribution in [-0.2, 0) is 11.3 Å². The molecule has 0 aliphatic heterocycles. The van der Waals surface area contributed by atoms with Crippen LogP contribution in [0.25, 0.3) is 11.4 Å². The number of thioether (sulfide) groups is 1. The van der Waals surface area contributed by atoms with Crippen molar-refractivity contribution in [2.75, 3.05) is 11.1 Å². The monoisotopic (exact) mass is 413 g/mol. The Morgan fingerprint density at radius 1 is 1.38 bits per heavy atom. The molecule has 1 amide bonds. The lowest BCUT2D eigenvalue weighted by molar-refractivity contribution is -0.384. The van der Waals surface area contributed by atoms with Crippen LogP contribution in [0.1, 0.15) is 11.3 Å². The molecular weight excluding hydrogens is 394 g/mol. The van der Waals surface area contributed by atoms with Gasteiger partial charge in [-0.2, -0.15) is 0 Å². The van der Waals surface area contributed by atoms with Gasteiger partial charge in [0.05, 0.1) is 22.5 Å². The van der Waals surface area contributed by atoms with Gasteiger partial charge in [0, 0.05) is 12.6 Å². The number of nitro groups is 1. The Labute approximate surface area is 171 Å². The van der Waals surface area contributed by atoms with Crippen molar-refractivity contribution in [3.63, 3.8) is 0 Å². The summed E-state index contributed by atoms with van der Waals surface area (Å²) in [5.74, 6) is 0.970. The van der Waals surface area contributed by atoms with E-state index in [2.05, 4.69) is 22.1 Å². The van der Waals surface area contributed by atoms with E-state index < -0.39 is 4.92 Å².